The van der Waals surface area contributed by atoms with E-state index >= 15 is 0 Å². The van der Waals surface area contributed by atoms with Crippen LogP contribution in [0.15, 0.2) is 84.4 Å². The lowest BCUT2D eigenvalue weighted by atomic mass is 10.1. The molecule has 4 nitrogen and oxygen atoms in total. The molecule has 0 radical (unpaired) electrons. The molecule has 0 saturated heterocycles. The van der Waals surface area contributed by atoms with Gasteiger partial charge in [-0.1, -0.05) is 48.0 Å². The summed E-state index contributed by atoms with van der Waals surface area (Å²) < 4.78 is 5.39. The van der Waals surface area contributed by atoms with Crippen LogP contribution in [0.1, 0.15) is 12.0 Å². The van der Waals surface area contributed by atoms with E-state index in [1.807, 2.05) is 54.6 Å². The molecule has 0 aromatic heterocycles. The Morgan fingerprint density at radius 3 is 2.48 bits per heavy atom. The van der Waals surface area contributed by atoms with Gasteiger partial charge < -0.3 is 15.0 Å². The maximum absolute atomic E-state index is 13.1. The average molecular weight is 405 g/mol. The second-order valence-electron chi connectivity index (χ2n) is 6.76. The number of carbonyl (C=O) groups is 1. The summed E-state index contributed by atoms with van der Waals surface area (Å²) in [7, 11) is 1.65. The number of anilines is 2. The molecular weight excluding hydrogens is 384 g/mol. The lowest BCUT2D eigenvalue weighted by molar-refractivity contribution is -0.112. The highest BCUT2D eigenvalue weighted by Crippen LogP contribution is 2.37. The zero-order chi connectivity index (χ0) is 20.2. The number of hydrogen-bond acceptors (Lipinski definition) is 3. The van der Waals surface area contributed by atoms with E-state index in [1.54, 1.807) is 31.4 Å². The van der Waals surface area contributed by atoms with E-state index in [-0.39, 0.29) is 5.91 Å². The van der Waals surface area contributed by atoms with E-state index in [9.17, 15) is 4.79 Å². The minimum absolute atomic E-state index is 0.100. The normalized spacial score (nSPS) is 13.5. The minimum atomic E-state index is -0.100. The van der Waals surface area contributed by atoms with Crippen LogP contribution in [-0.2, 0) is 4.79 Å². The molecule has 1 aliphatic heterocycles. The molecule has 0 fully saturated rings. The van der Waals surface area contributed by atoms with Gasteiger partial charge in [-0.15, -0.1) is 0 Å². The number of hydrogen-bond donors (Lipinski definition) is 1. The van der Waals surface area contributed by atoms with Gasteiger partial charge in [-0.05, 0) is 48.4 Å². The van der Waals surface area contributed by atoms with Crippen LogP contribution in [-0.4, -0.2) is 19.6 Å². The Labute approximate surface area is 175 Å². The van der Waals surface area contributed by atoms with E-state index < -0.39 is 0 Å². The van der Waals surface area contributed by atoms with Gasteiger partial charge in [0.15, 0.2) is 0 Å². The van der Waals surface area contributed by atoms with Gasteiger partial charge in [-0.25, -0.2) is 0 Å². The molecule has 1 N–H and O–H groups in total. The molecule has 0 bridgehead atoms. The van der Waals surface area contributed by atoms with Crippen molar-refractivity contribution in [3.05, 3.63) is 95.0 Å². The zero-order valence-electron chi connectivity index (χ0n) is 16.1. The molecule has 0 atom stereocenters. The van der Waals surface area contributed by atoms with E-state index in [1.165, 1.54) is 0 Å². The summed E-state index contributed by atoms with van der Waals surface area (Å²) in [6, 6.07) is 25.0. The molecule has 0 unspecified atom stereocenters. The lowest BCUT2D eigenvalue weighted by Gasteiger charge is -2.23. The largest absolute Gasteiger partial charge is 0.497 e. The minimum Gasteiger partial charge on any atom is -0.497 e. The number of benzene rings is 3. The molecule has 3 aromatic rings. The predicted molar refractivity (Wildman–Crippen MR) is 118 cm³/mol. The molecule has 0 spiro atoms. The number of methoxy groups -OCH3 is 1. The summed E-state index contributed by atoms with van der Waals surface area (Å²) in [5.41, 5.74) is 4.41. The van der Waals surface area contributed by atoms with Crippen molar-refractivity contribution in [2.45, 2.75) is 6.42 Å². The molecule has 1 aliphatic rings. The number of amides is 1. The summed E-state index contributed by atoms with van der Waals surface area (Å²) in [4.78, 5) is 15.3. The first-order valence-corrected chi connectivity index (χ1v) is 9.80. The van der Waals surface area contributed by atoms with Gasteiger partial charge in [0.1, 0.15) is 5.75 Å². The number of carbonyl (C=O) groups excluding carboxylic acids is 1. The highest BCUT2D eigenvalue weighted by molar-refractivity contribution is 6.30. The Morgan fingerprint density at radius 1 is 1.00 bits per heavy atom. The maximum Gasteiger partial charge on any atom is 0.253 e. The van der Waals surface area contributed by atoms with E-state index in [2.05, 4.69) is 10.2 Å². The first-order valence-electron chi connectivity index (χ1n) is 9.43. The van der Waals surface area contributed by atoms with Crippen LogP contribution >= 0.6 is 11.6 Å². The molecule has 1 heterocycles. The molecule has 5 heteroatoms. The van der Waals surface area contributed by atoms with Gasteiger partial charge in [0, 0.05) is 34.6 Å². The number of halogens is 1. The first kappa shape index (κ1) is 19.1. The maximum atomic E-state index is 13.1. The number of nitrogens with zero attached hydrogens (tertiary/aromatic N) is 1. The van der Waals surface area contributed by atoms with E-state index in [4.69, 9.17) is 16.3 Å². The summed E-state index contributed by atoms with van der Waals surface area (Å²) in [5.74, 6) is 0.686. The smallest absolute Gasteiger partial charge is 0.253 e. The summed E-state index contributed by atoms with van der Waals surface area (Å²) in [5, 5.41) is 3.63. The third-order valence-electron chi connectivity index (χ3n) is 4.93. The van der Waals surface area contributed by atoms with Crippen molar-refractivity contribution in [1.29, 1.82) is 0 Å². The molecule has 146 valence electrons. The zero-order valence-corrected chi connectivity index (χ0v) is 16.8. The Kier molecular flexibility index (Phi) is 5.54. The molecular formula is C24H21ClN2O2. The summed E-state index contributed by atoms with van der Waals surface area (Å²) in [6.45, 7) is 0.723. The Hall–Kier alpha value is -3.24. The van der Waals surface area contributed by atoms with Gasteiger partial charge in [-0.3, -0.25) is 4.79 Å². The monoisotopic (exact) mass is 404 g/mol. The lowest BCUT2D eigenvalue weighted by Crippen LogP contribution is -2.19. The number of nitrogens with one attached hydrogen (secondary N) is 1. The summed E-state index contributed by atoms with van der Waals surface area (Å²) >= 11 is 5.95. The van der Waals surface area contributed by atoms with Crippen LogP contribution in [0.3, 0.4) is 0 Å². The highest BCUT2D eigenvalue weighted by Gasteiger charge is 2.29. The first-order chi connectivity index (χ1) is 14.2. The van der Waals surface area contributed by atoms with Crippen molar-refractivity contribution in [2.24, 2.45) is 0 Å². The van der Waals surface area contributed by atoms with Crippen LogP contribution in [0, 0.1) is 0 Å². The van der Waals surface area contributed by atoms with Gasteiger partial charge >= 0.3 is 0 Å². The van der Waals surface area contributed by atoms with Crippen LogP contribution in [0.25, 0.3) is 5.70 Å². The van der Waals surface area contributed by atoms with Crippen molar-refractivity contribution in [2.75, 3.05) is 23.9 Å². The molecule has 3 aromatic carbocycles. The summed E-state index contributed by atoms with van der Waals surface area (Å²) in [6.07, 6.45) is 0.654. The van der Waals surface area contributed by atoms with Crippen LogP contribution in [0.5, 0.6) is 5.75 Å². The predicted octanol–water partition coefficient (Wildman–Crippen LogP) is 5.61. The third-order valence-corrected chi connectivity index (χ3v) is 5.18. The number of rotatable bonds is 5. The van der Waals surface area contributed by atoms with Crippen molar-refractivity contribution in [3.63, 3.8) is 0 Å². The molecule has 4 rings (SSSR count). The fourth-order valence-corrected chi connectivity index (χ4v) is 3.67. The van der Waals surface area contributed by atoms with Gasteiger partial charge in [0.25, 0.3) is 5.91 Å². The molecule has 29 heavy (non-hydrogen) atoms. The second-order valence-corrected chi connectivity index (χ2v) is 7.19. The van der Waals surface area contributed by atoms with Crippen LogP contribution < -0.4 is 15.0 Å². The Bertz CT molecular complexity index is 1050. The SMILES string of the molecule is COc1cccc(N2CCC(C(=O)Nc3ccc(Cl)cc3)=C2c2ccccc2)c1. The van der Waals surface area contributed by atoms with Crippen molar-refractivity contribution < 1.29 is 9.53 Å². The Morgan fingerprint density at radius 2 is 1.76 bits per heavy atom. The van der Waals surface area contributed by atoms with Gasteiger partial charge in [0.2, 0.25) is 0 Å². The van der Waals surface area contributed by atoms with Crippen LogP contribution in [0.4, 0.5) is 11.4 Å². The quantitative estimate of drug-likeness (QED) is 0.601. The van der Waals surface area contributed by atoms with Gasteiger partial charge in [0.05, 0.1) is 12.8 Å². The fourth-order valence-electron chi connectivity index (χ4n) is 3.54. The second kappa shape index (κ2) is 8.41. The Balaban J connectivity index is 1.73. The van der Waals surface area contributed by atoms with Crippen LogP contribution in [0.2, 0.25) is 5.02 Å². The fraction of sp³-hybridized carbons (Fsp3) is 0.125. The standard InChI is InChI=1S/C24H21ClN2O2/c1-29-21-9-5-8-20(16-21)27-15-14-22(23(27)17-6-3-2-4-7-17)24(28)26-19-12-10-18(25)11-13-19/h2-13,16H,14-15H2,1H3,(H,26,28). The topological polar surface area (TPSA) is 41.6 Å². The molecule has 0 saturated carbocycles. The molecule has 0 aliphatic carbocycles. The highest BCUT2D eigenvalue weighted by atomic mass is 35.5. The van der Waals surface area contributed by atoms with Crippen molar-refractivity contribution in [1.82, 2.24) is 0 Å². The number of ether oxygens (including phenoxy) is 1. The van der Waals surface area contributed by atoms with Crippen molar-refractivity contribution >= 4 is 34.6 Å². The van der Waals surface area contributed by atoms with E-state index in [0.717, 1.165) is 40.5 Å². The third kappa shape index (κ3) is 4.13. The molecule has 1 amide bonds. The van der Waals surface area contributed by atoms with Crippen molar-refractivity contribution in [3.8, 4) is 5.75 Å². The average Bonchev–Trinajstić information content (AvgIpc) is 3.21. The van der Waals surface area contributed by atoms with Gasteiger partial charge in [-0.2, -0.15) is 0 Å². The van der Waals surface area contributed by atoms with E-state index in [0.29, 0.717) is 11.4 Å².